The molecule has 5 N–H and O–H groups in total. The third-order valence-corrected chi connectivity index (χ3v) is 8.04. The summed E-state index contributed by atoms with van der Waals surface area (Å²) in [4.78, 5) is 54.4. The lowest BCUT2D eigenvalue weighted by molar-refractivity contribution is -0.172. The van der Waals surface area contributed by atoms with E-state index in [2.05, 4.69) is 10.6 Å². The number of carbonyl (C=O) groups is 3. The number of hydroxylamine groups is 1. The molecule has 1 atom stereocenters. The first-order valence-electron chi connectivity index (χ1n) is 14.4. The second-order valence-corrected chi connectivity index (χ2v) is 10.8. The first kappa shape index (κ1) is 30.1. The fourth-order valence-corrected chi connectivity index (χ4v) is 5.69. The Morgan fingerprint density at radius 3 is 2.70 bits per heavy atom. The minimum absolute atomic E-state index is 0.0645. The number of ether oxygens (including phenoxy) is 2. The molecule has 0 radical (unpaired) electrons. The van der Waals surface area contributed by atoms with Crippen molar-refractivity contribution < 1.29 is 34.2 Å². The van der Waals surface area contributed by atoms with E-state index in [1.165, 1.54) is 0 Å². The van der Waals surface area contributed by atoms with E-state index < -0.39 is 23.6 Å². The van der Waals surface area contributed by atoms with Crippen molar-refractivity contribution in [2.24, 2.45) is 0 Å². The molecule has 2 amide bonds. The molecular formula is C30H35N5O8. The van der Waals surface area contributed by atoms with Crippen LogP contribution in [-0.4, -0.2) is 51.4 Å². The molecule has 0 saturated heterocycles. The third kappa shape index (κ3) is 5.70. The number of rotatable bonds is 11. The second-order valence-electron chi connectivity index (χ2n) is 10.8. The Morgan fingerprint density at radius 2 is 1.95 bits per heavy atom. The van der Waals surface area contributed by atoms with E-state index in [1.54, 1.807) is 42.2 Å². The Morgan fingerprint density at radius 1 is 1.16 bits per heavy atom. The molecule has 0 aliphatic carbocycles. The Hall–Kier alpha value is -4.33. The van der Waals surface area contributed by atoms with Crippen molar-refractivity contribution in [2.45, 2.75) is 70.7 Å². The van der Waals surface area contributed by atoms with Crippen LogP contribution >= 0.6 is 0 Å². The van der Waals surface area contributed by atoms with Crippen molar-refractivity contribution >= 4 is 28.9 Å². The Balaban J connectivity index is 1.36. The van der Waals surface area contributed by atoms with Gasteiger partial charge in [0.2, 0.25) is 5.91 Å². The number of hydrogen-bond donors (Lipinski definition) is 5. The molecule has 1 unspecified atom stereocenters. The van der Waals surface area contributed by atoms with Gasteiger partial charge in [-0.3, -0.25) is 14.8 Å². The van der Waals surface area contributed by atoms with Crippen LogP contribution in [0.2, 0.25) is 0 Å². The van der Waals surface area contributed by atoms with Crippen molar-refractivity contribution in [3.8, 4) is 17.1 Å². The second kappa shape index (κ2) is 12.5. The maximum Gasteiger partial charge on any atom is 0.412 e. The van der Waals surface area contributed by atoms with Crippen LogP contribution in [0.1, 0.15) is 67.7 Å². The summed E-state index contributed by atoms with van der Waals surface area (Å²) in [6, 6.07) is 7.04. The Kier molecular flexibility index (Phi) is 8.76. The smallest absolute Gasteiger partial charge is 0.412 e. The molecule has 43 heavy (non-hydrogen) atoms. The molecule has 1 aromatic carbocycles. The molecule has 3 aromatic rings. The number of nitrogens with zero attached hydrogens (tertiary/aromatic N) is 2. The fourth-order valence-electron chi connectivity index (χ4n) is 5.69. The minimum atomic E-state index is -1.90. The van der Waals surface area contributed by atoms with E-state index in [1.807, 2.05) is 6.07 Å². The molecular weight excluding hydrogens is 558 g/mol. The lowest BCUT2D eigenvalue weighted by Crippen LogP contribution is -2.44. The van der Waals surface area contributed by atoms with Crippen molar-refractivity contribution in [1.82, 2.24) is 25.7 Å². The number of nitrogens with one attached hydrogen (secondary N) is 3. The first-order chi connectivity index (χ1) is 20.7. The first-order valence-corrected chi connectivity index (χ1v) is 14.4. The topological polar surface area (TPSA) is 181 Å². The van der Waals surface area contributed by atoms with Gasteiger partial charge in [-0.2, -0.15) is 0 Å². The molecule has 2 aliphatic rings. The number of carbonyl (C=O) groups excluding carboxylic acids is 3. The van der Waals surface area contributed by atoms with Gasteiger partial charge in [-0.25, -0.2) is 20.1 Å². The average molecular weight is 594 g/mol. The van der Waals surface area contributed by atoms with Gasteiger partial charge in [0.15, 0.2) is 5.60 Å². The summed E-state index contributed by atoms with van der Waals surface area (Å²) >= 11 is 0. The van der Waals surface area contributed by atoms with Crippen molar-refractivity contribution in [3.05, 3.63) is 56.9 Å². The normalized spacial score (nSPS) is 16.7. The monoisotopic (exact) mass is 593 g/mol. The fraction of sp³-hybridized carbons (Fsp3) is 0.433. The highest BCUT2D eigenvalue weighted by atomic mass is 16.6. The quantitative estimate of drug-likeness (QED) is 0.0749. The minimum Gasteiger partial charge on any atom is -0.458 e. The maximum absolute atomic E-state index is 13.5. The van der Waals surface area contributed by atoms with Gasteiger partial charge in [-0.1, -0.05) is 19.8 Å². The average Bonchev–Trinajstić information content (AvgIpc) is 3.36. The Labute approximate surface area is 247 Å². The third-order valence-electron chi connectivity index (χ3n) is 8.04. The summed E-state index contributed by atoms with van der Waals surface area (Å²) < 4.78 is 12.4. The summed E-state index contributed by atoms with van der Waals surface area (Å²) in [5.74, 6) is -0.804. The van der Waals surface area contributed by atoms with Gasteiger partial charge in [-0.15, -0.1) is 0 Å². The number of benzene rings is 1. The van der Waals surface area contributed by atoms with E-state index in [4.69, 9.17) is 19.7 Å². The van der Waals surface area contributed by atoms with Gasteiger partial charge >= 0.3 is 12.1 Å². The highest BCUT2D eigenvalue weighted by Crippen LogP contribution is 2.39. The largest absolute Gasteiger partial charge is 0.458 e. The Bertz CT molecular complexity index is 1650. The lowest BCUT2D eigenvalue weighted by atomic mass is 9.86. The molecule has 228 valence electrons. The van der Waals surface area contributed by atoms with Gasteiger partial charge in [-0.05, 0) is 50.6 Å². The predicted molar refractivity (Wildman–Crippen MR) is 154 cm³/mol. The van der Waals surface area contributed by atoms with Crippen LogP contribution in [0.4, 0.5) is 4.79 Å². The molecule has 0 saturated carbocycles. The van der Waals surface area contributed by atoms with Crippen LogP contribution < -0.4 is 26.4 Å². The summed E-state index contributed by atoms with van der Waals surface area (Å²) in [5, 5.41) is 26.2. The molecule has 0 spiro atoms. The molecule has 2 aliphatic heterocycles. The standard InChI is InChI=1S/C30H35N5O8/c1-3-30(40)21-13-23-26-17(15-35(23)27(37)20(21)16-42-28(30)38)12-18-19(14-31-2)24(10-9-22(18)33-26)43-29(39)32-11-7-5-4-6-8-25(36)34-41/h9-10,12-13,31,40-41H,3-8,11,14-16H2,1-2H3,(H,32,39)(H,34,36). The summed E-state index contributed by atoms with van der Waals surface area (Å²) in [7, 11) is 1.78. The van der Waals surface area contributed by atoms with Crippen LogP contribution in [0.25, 0.3) is 22.3 Å². The highest BCUT2D eigenvalue weighted by Gasteiger charge is 2.45. The number of aromatic nitrogens is 2. The number of unbranched alkanes of at least 4 members (excludes halogenated alkanes) is 3. The number of esters is 1. The molecule has 2 aromatic heterocycles. The van der Waals surface area contributed by atoms with Gasteiger partial charge < -0.3 is 29.8 Å². The number of cyclic esters (lactones) is 1. The van der Waals surface area contributed by atoms with Gasteiger partial charge in [0.25, 0.3) is 5.56 Å². The molecule has 5 rings (SSSR count). The van der Waals surface area contributed by atoms with Crippen molar-refractivity contribution in [3.63, 3.8) is 0 Å². The molecule has 4 heterocycles. The SMILES string of the molecule is CCC1(O)C(=O)OCc2c1cc1n(c2=O)Cc2cc3c(CNC)c(OC(=O)NCCCCCCC(=O)NO)ccc3nc2-1. The number of aliphatic hydroxyl groups is 1. The van der Waals surface area contributed by atoms with E-state index >= 15 is 0 Å². The molecule has 13 heteroatoms. The van der Waals surface area contributed by atoms with E-state index in [9.17, 15) is 24.3 Å². The van der Waals surface area contributed by atoms with Gasteiger partial charge in [0.1, 0.15) is 12.4 Å². The summed E-state index contributed by atoms with van der Waals surface area (Å²) in [6.45, 7) is 2.53. The van der Waals surface area contributed by atoms with Crippen LogP contribution in [0.15, 0.2) is 29.1 Å². The van der Waals surface area contributed by atoms with Crippen LogP contribution in [0.3, 0.4) is 0 Å². The van der Waals surface area contributed by atoms with Gasteiger partial charge in [0, 0.05) is 41.6 Å². The molecule has 0 fully saturated rings. The number of amides is 2. The number of pyridine rings is 2. The number of hydrogen-bond acceptors (Lipinski definition) is 10. The molecule has 13 nitrogen and oxygen atoms in total. The number of fused-ring (bicyclic) bond motifs is 5. The van der Waals surface area contributed by atoms with E-state index in [-0.39, 0.29) is 42.7 Å². The summed E-state index contributed by atoms with van der Waals surface area (Å²) in [5.41, 5.74) is 3.16. The van der Waals surface area contributed by atoms with E-state index in [0.29, 0.717) is 48.6 Å². The van der Waals surface area contributed by atoms with Crippen molar-refractivity contribution in [1.29, 1.82) is 0 Å². The van der Waals surface area contributed by atoms with Gasteiger partial charge in [0.05, 0.1) is 29.0 Å². The predicted octanol–water partition coefficient (Wildman–Crippen LogP) is 2.34. The lowest BCUT2D eigenvalue weighted by Gasteiger charge is -2.31. The zero-order chi connectivity index (χ0) is 30.7. The van der Waals surface area contributed by atoms with Crippen molar-refractivity contribution in [2.75, 3.05) is 13.6 Å². The maximum atomic E-state index is 13.5. The molecule has 0 bridgehead atoms. The zero-order valence-electron chi connectivity index (χ0n) is 24.1. The summed E-state index contributed by atoms with van der Waals surface area (Å²) in [6.07, 6.45) is 2.70. The zero-order valence-corrected chi connectivity index (χ0v) is 24.1. The van der Waals surface area contributed by atoms with Crippen LogP contribution in [-0.2, 0) is 39.6 Å². The highest BCUT2D eigenvalue weighted by molar-refractivity contribution is 5.90. The van der Waals surface area contributed by atoms with Crippen LogP contribution in [0, 0.1) is 0 Å². The van der Waals surface area contributed by atoms with E-state index in [0.717, 1.165) is 29.4 Å². The van der Waals surface area contributed by atoms with Crippen LogP contribution in [0.5, 0.6) is 5.75 Å².